The number of piperidine rings is 1. The molecule has 1 aliphatic rings. The van der Waals surface area contributed by atoms with Crippen LogP contribution in [-0.2, 0) is 12.8 Å². The van der Waals surface area contributed by atoms with Crippen LogP contribution in [0.25, 0.3) is 0 Å². The lowest BCUT2D eigenvalue weighted by molar-refractivity contribution is 0.0577. The Morgan fingerprint density at radius 2 is 1.65 bits per heavy atom. The SMILES string of the molecule is O=C(c1cc(Cl)cc(Cl)c1)N1CC[C@H](NCCCc2ccccc2Cl)C[C@@H]1Cc1ccccc1. The van der Waals surface area contributed by atoms with E-state index in [1.807, 2.05) is 41.3 Å². The normalized spacial score (nSPS) is 18.1. The maximum Gasteiger partial charge on any atom is 0.254 e. The fraction of sp³-hybridized carbons (Fsp3) is 0.321. The van der Waals surface area contributed by atoms with Gasteiger partial charge < -0.3 is 10.2 Å². The highest BCUT2D eigenvalue weighted by molar-refractivity contribution is 6.35. The molecular weight excluding hydrogens is 487 g/mol. The number of halogens is 3. The van der Waals surface area contributed by atoms with E-state index in [1.54, 1.807) is 18.2 Å². The van der Waals surface area contributed by atoms with Crippen LogP contribution in [0.4, 0.5) is 0 Å². The third-order valence-corrected chi connectivity index (χ3v) is 7.22. The van der Waals surface area contributed by atoms with Crippen LogP contribution in [0.5, 0.6) is 0 Å². The zero-order valence-corrected chi connectivity index (χ0v) is 21.3. The van der Waals surface area contributed by atoms with Gasteiger partial charge in [0.15, 0.2) is 0 Å². The van der Waals surface area contributed by atoms with Gasteiger partial charge in [-0.2, -0.15) is 0 Å². The number of rotatable bonds is 8. The quantitative estimate of drug-likeness (QED) is 0.325. The molecule has 0 radical (unpaired) electrons. The summed E-state index contributed by atoms with van der Waals surface area (Å²) in [4.78, 5) is 15.4. The van der Waals surface area contributed by atoms with E-state index in [1.165, 1.54) is 11.1 Å². The molecule has 0 saturated carbocycles. The summed E-state index contributed by atoms with van der Waals surface area (Å²) in [5.41, 5.74) is 2.96. The average molecular weight is 516 g/mol. The van der Waals surface area contributed by atoms with Gasteiger partial charge in [0, 0.05) is 39.3 Å². The lowest BCUT2D eigenvalue weighted by Gasteiger charge is -2.40. The number of benzene rings is 3. The number of carbonyl (C=O) groups is 1. The summed E-state index contributed by atoms with van der Waals surface area (Å²) in [7, 11) is 0. The van der Waals surface area contributed by atoms with E-state index in [-0.39, 0.29) is 11.9 Å². The molecule has 2 atom stereocenters. The van der Waals surface area contributed by atoms with Crippen molar-refractivity contribution in [3.05, 3.63) is 105 Å². The molecule has 1 N–H and O–H groups in total. The number of nitrogens with zero attached hydrogens (tertiary/aromatic N) is 1. The van der Waals surface area contributed by atoms with Crippen LogP contribution in [0.1, 0.15) is 40.7 Å². The molecule has 3 aromatic carbocycles. The Kier molecular flexibility index (Phi) is 8.91. The molecule has 0 aliphatic carbocycles. The minimum atomic E-state index is -0.0116. The Labute approximate surface area is 217 Å². The van der Waals surface area contributed by atoms with Crippen molar-refractivity contribution in [1.82, 2.24) is 10.2 Å². The molecule has 0 unspecified atom stereocenters. The summed E-state index contributed by atoms with van der Waals surface area (Å²) < 4.78 is 0. The van der Waals surface area contributed by atoms with Gasteiger partial charge >= 0.3 is 0 Å². The number of hydrogen-bond donors (Lipinski definition) is 1. The Balaban J connectivity index is 1.40. The first-order valence-electron chi connectivity index (χ1n) is 11.8. The van der Waals surface area contributed by atoms with Crippen LogP contribution < -0.4 is 5.32 Å². The Morgan fingerprint density at radius 1 is 0.941 bits per heavy atom. The summed E-state index contributed by atoms with van der Waals surface area (Å²) in [6, 6.07) is 23.9. The van der Waals surface area contributed by atoms with Gasteiger partial charge in [-0.25, -0.2) is 0 Å². The molecule has 3 nitrogen and oxygen atoms in total. The van der Waals surface area contributed by atoms with Gasteiger partial charge in [0.1, 0.15) is 0 Å². The zero-order chi connectivity index (χ0) is 23.9. The van der Waals surface area contributed by atoms with Crippen LogP contribution in [-0.4, -0.2) is 36.0 Å². The van der Waals surface area contributed by atoms with E-state index < -0.39 is 0 Å². The van der Waals surface area contributed by atoms with Crippen LogP contribution >= 0.6 is 34.8 Å². The molecule has 6 heteroatoms. The van der Waals surface area contributed by atoms with Crippen molar-refractivity contribution >= 4 is 40.7 Å². The molecular formula is C28H29Cl3N2O. The van der Waals surface area contributed by atoms with Crippen molar-refractivity contribution in [3.8, 4) is 0 Å². The highest BCUT2D eigenvalue weighted by atomic mass is 35.5. The van der Waals surface area contributed by atoms with Gasteiger partial charge in [0.2, 0.25) is 0 Å². The molecule has 3 aromatic rings. The first-order chi connectivity index (χ1) is 16.5. The van der Waals surface area contributed by atoms with Gasteiger partial charge in [0.05, 0.1) is 0 Å². The summed E-state index contributed by atoms with van der Waals surface area (Å²) >= 11 is 18.6. The van der Waals surface area contributed by atoms with E-state index >= 15 is 0 Å². The molecule has 1 fully saturated rings. The molecule has 1 aliphatic heterocycles. The van der Waals surface area contributed by atoms with Crippen molar-refractivity contribution in [2.75, 3.05) is 13.1 Å². The van der Waals surface area contributed by atoms with Crippen molar-refractivity contribution in [3.63, 3.8) is 0 Å². The monoisotopic (exact) mass is 514 g/mol. The van der Waals surface area contributed by atoms with E-state index in [9.17, 15) is 4.79 Å². The van der Waals surface area contributed by atoms with Gasteiger partial charge in [-0.1, -0.05) is 83.3 Å². The van der Waals surface area contributed by atoms with Gasteiger partial charge in [-0.15, -0.1) is 0 Å². The second-order valence-corrected chi connectivity index (χ2v) is 10.2. The Bertz CT molecular complexity index is 1090. The summed E-state index contributed by atoms with van der Waals surface area (Å²) in [6.45, 7) is 1.62. The maximum absolute atomic E-state index is 13.4. The Morgan fingerprint density at radius 3 is 2.38 bits per heavy atom. The highest BCUT2D eigenvalue weighted by Crippen LogP contribution is 2.26. The minimum absolute atomic E-state index is 0.0116. The maximum atomic E-state index is 13.4. The molecule has 4 rings (SSSR count). The first kappa shape index (κ1) is 25.1. The third-order valence-electron chi connectivity index (χ3n) is 6.41. The number of amides is 1. The summed E-state index contributed by atoms with van der Waals surface area (Å²) in [5.74, 6) is -0.0116. The van der Waals surface area contributed by atoms with Crippen LogP contribution in [0, 0.1) is 0 Å². The standard InChI is InChI=1S/C28H29Cl3N2O/c29-23-16-22(17-24(30)18-23)28(34)33-14-12-25(19-26(33)15-20-7-2-1-3-8-20)32-13-6-10-21-9-4-5-11-27(21)31/h1-5,7-9,11,16-18,25-26,32H,6,10,12-15,19H2/t25-,26-/m0/s1. The second-order valence-electron chi connectivity index (χ2n) is 8.87. The van der Waals surface area contributed by atoms with Gasteiger partial charge in [-0.3, -0.25) is 4.79 Å². The molecule has 34 heavy (non-hydrogen) atoms. The minimum Gasteiger partial charge on any atom is -0.335 e. The van der Waals surface area contributed by atoms with E-state index in [2.05, 4.69) is 23.5 Å². The predicted octanol–water partition coefficient (Wildman–Crippen LogP) is 7.09. The smallest absolute Gasteiger partial charge is 0.254 e. The average Bonchev–Trinajstić information content (AvgIpc) is 2.83. The molecule has 0 bridgehead atoms. The lowest BCUT2D eigenvalue weighted by Crippen LogP contribution is -2.52. The topological polar surface area (TPSA) is 32.3 Å². The predicted molar refractivity (Wildman–Crippen MR) is 142 cm³/mol. The fourth-order valence-corrected chi connectivity index (χ4v) is 5.47. The largest absolute Gasteiger partial charge is 0.335 e. The second kappa shape index (κ2) is 12.1. The van der Waals surface area contributed by atoms with Gasteiger partial charge in [0.25, 0.3) is 5.91 Å². The number of hydrogen-bond acceptors (Lipinski definition) is 2. The first-order valence-corrected chi connectivity index (χ1v) is 12.9. The number of likely N-dealkylation sites (tertiary alicyclic amines) is 1. The molecule has 1 saturated heterocycles. The van der Waals surface area contributed by atoms with E-state index in [4.69, 9.17) is 34.8 Å². The van der Waals surface area contributed by atoms with Crippen LogP contribution in [0.15, 0.2) is 72.8 Å². The number of aryl methyl sites for hydroxylation is 1. The van der Waals surface area contributed by atoms with Crippen molar-refractivity contribution in [2.24, 2.45) is 0 Å². The fourth-order valence-electron chi connectivity index (χ4n) is 4.71. The van der Waals surface area contributed by atoms with Gasteiger partial charge in [-0.05, 0) is 74.0 Å². The summed E-state index contributed by atoms with van der Waals surface area (Å²) in [5, 5.41) is 5.51. The molecule has 0 spiro atoms. The van der Waals surface area contributed by atoms with Crippen molar-refractivity contribution in [1.29, 1.82) is 0 Å². The molecule has 178 valence electrons. The van der Waals surface area contributed by atoms with Crippen LogP contribution in [0.3, 0.4) is 0 Å². The molecule has 1 amide bonds. The van der Waals surface area contributed by atoms with Crippen molar-refractivity contribution in [2.45, 2.75) is 44.2 Å². The highest BCUT2D eigenvalue weighted by Gasteiger charge is 2.32. The number of carbonyl (C=O) groups excluding carboxylic acids is 1. The summed E-state index contributed by atoms with van der Waals surface area (Å²) in [6.07, 6.45) is 4.61. The zero-order valence-electron chi connectivity index (χ0n) is 19.0. The number of nitrogens with one attached hydrogen (secondary N) is 1. The lowest BCUT2D eigenvalue weighted by atomic mass is 9.91. The Hall–Kier alpha value is -2.04. The van der Waals surface area contributed by atoms with Crippen molar-refractivity contribution < 1.29 is 4.79 Å². The molecule has 0 aromatic heterocycles. The van der Waals surface area contributed by atoms with E-state index in [0.29, 0.717) is 28.2 Å². The molecule has 1 heterocycles. The van der Waals surface area contributed by atoms with Crippen LogP contribution in [0.2, 0.25) is 15.1 Å². The third kappa shape index (κ3) is 6.76. The van der Waals surface area contributed by atoms with E-state index in [0.717, 1.165) is 43.7 Å².